The molecule has 0 saturated carbocycles. The zero-order valence-electron chi connectivity index (χ0n) is 11.6. The molecular weight excluding hydrogens is 249 g/mol. The summed E-state index contributed by atoms with van der Waals surface area (Å²) >= 11 is -1.36. The maximum absolute atomic E-state index is 14.1. The molecule has 1 atom stereocenters. The van der Waals surface area contributed by atoms with Gasteiger partial charge in [0.15, 0.2) is 0 Å². The van der Waals surface area contributed by atoms with Crippen molar-refractivity contribution in [2.24, 2.45) is 4.40 Å². The molecule has 0 saturated heterocycles. The van der Waals surface area contributed by atoms with E-state index in [4.69, 9.17) is 0 Å². The standard InChI is InChI=1S/C14H20FNOS/c1-6-11-8-7-9-12(13(11)15)10(2)16-18(17)14(3,4)5/h7-9H,6H2,1-5H3. The molecule has 0 amide bonds. The minimum absolute atomic E-state index is 0.257. The monoisotopic (exact) mass is 269 g/mol. The van der Waals surface area contributed by atoms with Gasteiger partial charge in [-0.25, -0.2) is 4.39 Å². The molecule has 1 unspecified atom stereocenters. The summed E-state index contributed by atoms with van der Waals surface area (Å²) in [5.41, 5.74) is 1.58. The van der Waals surface area contributed by atoms with Gasteiger partial charge in [0, 0.05) is 5.56 Å². The fraction of sp³-hybridized carbons (Fsp3) is 0.500. The summed E-state index contributed by atoms with van der Waals surface area (Å²) in [6.45, 7) is 9.14. The first kappa shape index (κ1) is 15.2. The van der Waals surface area contributed by atoms with E-state index in [0.29, 0.717) is 23.3 Å². The average molecular weight is 269 g/mol. The highest BCUT2D eigenvalue weighted by molar-refractivity contribution is 7.91. The fourth-order valence-electron chi connectivity index (χ4n) is 1.44. The molecule has 0 aliphatic heterocycles. The Morgan fingerprint density at radius 2 is 2.00 bits per heavy atom. The molecule has 18 heavy (non-hydrogen) atoms. The van der Waals surface area contributed by atoms with Crippen LogP contribution in [0.3, 0.4) is 0 Å². The topological polar surface area (TPSA) is 35.4 Å². The molecule has 1 aromatic carbocycles. The van der Waals surface area contributed by atoms with Crippen molar-refractivity contribution in [1.29, 1.82) is 0 Å². The maximum Gasteiger partial charge on any atom is 0.144 e. The van der Waals surface area contributed by atoms with Crippen molar-refractivity contribution in [2.75, 3.05) is 0 Å². The van der Waals surface area contributed by atoms with Crippen LogP contribution in [0.5, 0.6) is 0 Å². The molecule has 0 aliphatic rings. The Hall–Kier alpha value is -0.870. The lowest BCUT2D eigenvalue weighted by Gasteiger charge is -2.19. The van der Waals surface area contributed by atoms with Crippen LogP contribution in [0, 0.1) is 5.82 Å². The molecule has 0 N–H and O–H groups in total. The van der Waals surface area contributed by atoms with E-state index in [1.807, 2.05) is 27.7 Å². The second kappa shape index (κ2) is 5.85. The predicted molar refractivity (Wildman–Crippen MR) is 75.9 cm³/mol. The number of aryl methyl sites for hydroxylation is 1. The summed E-state index contributed by atoms with van der Waals surface area (Å²) in [6.07, 6.45) is 0.634. The van der Waals surface area contributed by atoms with Crippen LogP contribution in [0.1, 0.15) is 45.7 Å². The van der Waals surface area contributed by atoms with Crippen LogP contribution >= 0.6 is 0 Å². The van der Waals surface area contributed by atoms with Gasteiger partial charge in [-0.1, -0.05) is 29.5 Å². The van der Waals surface area contributed by atoms with E-state index >= 15 is 0 Å². The van der Waals surface area contributed by atoms with Crippen molar-refractivity contribution in [3.63, 3.8) is 0 Å². The first-order valence-electron chi connectivity index (χ1n) is 6.02. The molecule has 100 valence electrons. The maximum atomic E-state index is 14.1. The Kier molecular flexibility index (Phi) is 4.93. The van der Waals surface area contributed by atoms with Crippen LogP contribution in [-0.2, 0) is 17.8 Å². The SMILES string of the molecule is CCc1cccc(C(C)=N[S+]([O-])C(C)(C)C)c1F. The van der Waals surface area contributed by atoms with E-state index in [-0.39, 0.29) is 5.82 Å². The summed E-state index contributed by atoms with van der Waals surface area (Å²) in [6, 6.07) is 5.23. The molecule has 2 nitrogen and oxygen atoms in total. The Labute approximate surface area is 112 Å². The highest BCUT2D eigenvalue weighted by Crippen LogP contribution is 2.20. The molecule has 1 aromatic rings. The third-order valence-corrected chi connectivity index (χ3v) is 4.08. The fourth-order valence-corrected chi connectivity index (χ4v) is 2.06. The smallest absolute Gasteiger partial charge is 0.144 e. The van der Waals surface area contributed by atoms with Gasteiger partial charge < -0.3 is 4.55 Å². The van der Waals surface area contributed by atoms with E-state index < -0.39 is 16.1 Å². The summed E-state index contributed by atoms with van der Waals surface area (Å²) in [7, 11) is 0. The zero-order chi connectivity index (χ0) is 13.9. The summed E-state index contributed by atoms with van der Waals surface area (Å²) in [5, 5.41) is 0. The van der Waals surface area contributed by atoms with Gasteiger partial charge in [-0.2, -0.15) is 0 Å². The second-order valence-electron chi connectivity index (χ2n) is 5.17. The Balaban J connectivity index is 3.11. The molecule has 0 aromatic heterocycles. The largest absolute Gasteiger partial charge is 0.591 e. The van der Waals surface area contributed by atoms with Gasteiger partial charge >= 0.3 is 0 Å². The molecule has 1 rings (SSSR count). The lowest BCUT2D eigenvalue weighted by Crippen LogP contribution is -2.26. The summed E-state index contributed by atoms with van der Waals surface area (Å²) in [5.74, 6) is -0.257. The average Bonchev–Trinajstić information content (AvgIpc) is 2.27. The summed E-state index contributed by atoms with van der Waals surface area (Å²) < 4.78 is 29.7. The van der Waals surface area contributed by atoms with Crippen LogP contribution in [0.15, 0.2) is 22.6 Å². The second-order valence-corrected chi connectivity index (χ2v) is 7.08. The number of rotatable bonds is 3. The normalized spacial score (nSPS) is 14.7. The van der Waals surface area contributed by atoms with Crippen molar-refractivity contribution in [2.45, 2.75) is 45.8 Å². The number of nitrogens with zero attached hydrogens (tertiary/aromatic N) is 1. The van der Waals surface area contributed by atoms with Gasteiger partial charge in [-0.05, 0) is 39.7 Å². The predicted octanol–water partition coefficient (Wildman–Crippen LogP) is 3.66. The third-order valence-electron chi connectivity index (χ3n) is 2.59. The molecule has 0 fully saturated rings. The molecule has 0 aliphatic carbocycles. The molecular formula is C14H20FNOS. The Bertz CT molecular complexity index is 452. The highest BCUT2D eigenvalue weighted by Gasteiger charge is 2.27. The van der Waals surface area contributed by atoms with Crippen molar-refractivity contribution >= 4 is 17.1 Å². The number of hydrogen-bond donors (Lipinski definition) is 0. The quantitative estimate of drug-likeness (QED) is 0.609. The minimum Gasteiger partial charge on any atom is -0.591 e. The van der Waals surface area contributed by atoms with Crippen molar-refractivity contribution in [1.82, 2.24) is 0 Å². The number of halogens is 1. The highest BCUT2D eigenvalue weighted by atomic mass is 32.2. The molecule has 0 bridgehead atoms. The van der Waals surface area contributed by atoms with Crippen LogP contribution < -0.4 is 0 Å². The van der Waals surface area contributed by atoms with Gasteiger partial charge in [-0.15, -0.1) is 0 Å². The van der Waals surface area contributed by atoms with Crippen molar-refractivity contribution in [3.8, 4) is 0 Å². The first-order chi connectivity index (χ1) is 8.27. The zero-order valence-corrected chi connectivity index (χ0v) is 12.4. The van der Waals surface area contributed by atoms with E-state index in [9.17, 15) is 8.94 Å². The van der Waals surface area contributed by atoms with Gasteiger partial charge in [0.05, 0.1) is 5.71 Å². The number of hydrogen-bond acceptors (Lipinski definition) is 2. The van der Waals surface area contributed by atoms with Crippen molar-refractivity contribution in [3.05, 3.63) is 35.1 Å². The van der Waals surface area contributed by atoms with Crippen LogP contribution in [0.25, 0.3) is 0 Å². The van der Waals surface area contributed by atoms with Gasteiger partial charge in [0.25, 0.3) is 0 Å². The van der Waals surface area contributed by atoms with Crippen LogP contribution in [-0.4, -0.2) is 15.0 Å². The Morgan fingerprint density at radius 1 is 1.39 bits per heavy atom. The van der Waals surface area contributed by atoms with E-state index in [2.05, 4.69) is 4.40 Å². The first-order valence-corrected chi connectivity index (χ1v) is 7.13. The Morgan fingerprint density at radius 3 is 2.50 bits per heavy atom. The van der Waals surface area contributed by atoms with E-state index in [0.717, 1.165) is 0 Å². The lowest BCUT2D eigenvalue weighted by molar-refractivity contribution is 0.561. The molecule has 4 heteroatoms. The van der Waals surface area contributed by atoms with Gasteiger partial charge in [-0.3, -0.25) is 0 Å². The molecule has 0 spiro atoms. The van der Waals surface area contributed by atoms with Crippen LogP contribution in [0.4, 0.5) is 4.39 Å². The van der Waals surface area contributed by atoms with E-state index in [1.165, 1.54) is 0 Å². The summed E-state index contributed by atoms with van der Waals surface area (Å²) in [4.78, 5) is 0. The molecule has 0 radical (unpaired) electrons. The third kappa shape index (κ3) is 3.56. The van der Waals surface area contributed by atoms with E-state index in [1.54, 1.807) is 25.1 Å². The minimum atomic E-state index is -1.36. The number of benzene rings is 1. The lowest BCUT2D eigenvalue weighted by atomic mass is 10.0. The molecule has 0 heterocycles. The van der Waals surface area contributed by atoms with Gasteiger partial charge in [0.2, 0.25) is 0 Å². The van der Waals surface area contributed by atoms with Gasteiger partial charge in [0.1, 0.15) is 21.9 Å². The van der Waals surface area contributed by atoms with Crippen LogP contribution in [0.2, 0.25) is 0 Å². The van der Waals surface area contributed by atoms with Crippen molar-refractivity contribution < 1.29 is 8.94 Å².